The van der Waals surface area contributed by atoms with Gasteiger partial charge in [-0.1, -0.05) is 0 Å². The molecule has 0 spiro atoms. The first kappa shape index (κ1) is 14.9. The molecular formula is C12H19NO4S2. The predicted molar refractivity (Wildman–Crippen MR) is 73.6 cm³/mol. The highest BCUT2D eigenvalue weighted by Crippen LogP contribution is 2.26. The first-order valence-electron chi connectivity index (χ1n) is 6.25. The minimum absolute atomic E-state index is 0.119. The maximum absolute atomic E-state index is 12.5. The third-order valence-corrected chi connectivity index (χ3v) is 6.22. The lowest BCUT2D eigenvalue weighted by Gasteiger charge is -2.31. The number of hydrogen-bond acceptors (Lipinski definition) is 5. The van der Waals surface area contributed by atoms with E-state index in [1.807, 2.05) is 0 Å². The molecule has 1 atom stereocenters. The summed E-state index contributed by atoms with van der Waals surface area (Å²) in [5, 5.41) is 10.6. The molecule has 2 heterocycles. The number of hydrogen-bond donors (Lipinski definition) is 1. The van der Waals surface area contributed by atoms with Crippen molar-refractivity contribution in [3.05, 3.63) is 16.3 Å². The van der Waals surface area contributed by atoms with Crippen LogP contribution >= 0.6 is 11.3 Å². The van der Waals surface area contributed by atoms with Crippen LogP contribution in [0.5, 0.6) is 0 Å². The molecule has 1 aliphatic heterocycles. The average molecular weight is 305 g/mol. The zero-order valence-electron chi connectivity index (χ0n) is 10.9. The van der Waals surface area contributed by atoms with Crippen LogP contribution in [0, 0.1) is 5.92 Å². The zero-order chi connectivity index (χ0) is 13.9. The van der Waals surface area contributed by atoms with Gasteiger partial charge in [0.05, 0.1) is 18.1 Å². The van der Waals surface area contributed by atoms with Crippen molar-refractivity contribution in [3.8, 4) is 0 Å². The van der Waals surface area contributed by atoms with Gasteiger partial charge < -0.3 is 9.84 Å². The minimum atomic E-state index is -3.43. The fourth-order valence-corrected chi connectivity index (χ4v) is 5.02. The third-order valence-electron chi connectivity index (χ3n) is 3.31. The Morgan fingerprint density at radius 3 is 3.00 bits per heavy atom. The van der Waals surface area contributed by atoms with Gasteiger partial charge in [0.15, 0.2) is 0 Å². The highest BCUT2D eigenvalue weighted by molar-refractivity contribution is 7.89. The Balaban J connectivity index is 2.14. The lowest BCUT2D eigenvalue weighted by Crippen LogP contribution is -2.40. The third kappa shape index (κ3) is 3.35. The monoisotopic (exact) mass is 305 g/mol. The Kier molecular flexibility index (Phi) is 4.97. The number of thiophene rings is 1. The Morgan fingerprint density at radius 2 is 2.37 bits per heavy atom. The fraction of sp³-hybridized carbons (Fsp3) is 0.667. The van der Waals surface area contributed by atoms with Crippen LogP contribution in [0.2, 0.25) is 0 Å². The van der Waals surface area contributed by atoms with E-state index in [0.717, 1.165) is 12.8 Å². The molecule has 0 aromatic carbocycles. The van der Waals surface area contributed by atoms with E-state index in [2.05, 4.69) is 0 Å². The first-order chi connectivity index (χ1) is 9.07. The van der Waals surface area contributed by atoms with Crippen molar-refractivity contribution in [2.75, 3.05) is 26.8 Å². The zero-order valence-corrected chi connectivity index (χ0v) is 12.5. The van der Waals surface area contributed by atoms with Gasteiger partial charge in [0.25, 0.3) is 0 Å². The fourth-order valence-electron chi connectivity index (χ4n) is 2.34. The number of ether oxygens (including phenoxy) is 1. The number of nitrogens with zero attached hydrogens (tertiary/aromatic N) is 1. The molecule has 19 heavy (non-hydrogen) atoms. The van der Waals surface area contributed by atoms with Gasteiger partial charge in [-0.15, -0.1) is 11.3 Å². The number of aliphatic hydroxyl groups is 1. The van der Waals surface area contributed by atoms with Crippen LogP contribution in [0.25, 0.3) is 0 Å². The number of methoxy groups -OCH3 is 1. The molecule has 1 unspecified atom stereocenters. The lowest BCUT2D eigenvalue weighted by atomic mass is 10.0. The summed E-state index contributed by atoms with van der Waals surface area (Å²) in [7, 11) is -1.79. The predicted octanol–water partition coefficient (Wildman–Crippen LogP) is 1.29. The van der Waals surface area contributed by atoms with E-state index >= 15 is 0 Å². The summed E-state index contributed by atoms with van der Waals surface area (Å²) in [5.41, 5.74) is 0. The molecule has 108 valence electrons. The molecule has 0 aliphatic carbocycles. The van der Waals surface area contributed by atoms with Crippen LogP contribution in [0.3, 0.4) is 0 Å². The summed E-state index contributed by atoms with van der Waals surface area (Å²) >= 11 is 1.27. The van der Waals surface area contributed by atoms with E-state index in [1.165, 1.54) is 15.6 Å². The summed E-state index contributed by atoms with van der Waals surface area (Å²) in [5.74, 6) is 0.268. The van der Waals surface area contributed by atoms with Crippen LogP contribution in [0.4, 0.5) is 0 Å². The molecule has 1 saturated heterocycles. The Labute approximate surface area is 117 Å². The molecule has 2 rings (SSSR count). The standard InChI is InChI=1S/C12H19NO4S2/c1-17-8-10-3-2-4-13(6-10)19(15,16)12-5-11(7-14)18-9-12/h5,9-10,14H,2-4,6-8H2,1H3. The number of piperidine rings is 1. The van der Waals surface area contributed by atoms with E-state index in [-0.39, 0.29) is 12.5 Å². The van der Waals surface area contributed by atoms with Gasteiger partial charge in [-0.2, -0.15) is 4.31 Å². The van der Waals surface area contributed by atoms with Crippen molar-refractivity contribution in [3.63, 3.8) is 0 Å². The van der Waals surface area contributed by atoms with E-state index < -0.39 is 10.0 Å². The summed E-state index contributed by atoms with van der Waals surface area (Å²) in [6.07, 6.45) is 1.87. The van der Waals surface area contributed by atoms with Crippen molar-refractivity contribution in [2.24, 2.45) is 5.92 Å². The quantitative estimate of drug-likeness (QED) is 0.890. The van der Waals surface area contributed by atoms with Crippen LogP contribution in [0.15, 0.2) is 16.3 Å². The van der Waals surface area contributed by atoms with Gasteiger partial charge in [0.1, 0.15) is 0 Å². The smallest absolute Gasteiger partial charge is 0.243 e. The SMILES string of the molecule is COCC1CCCN(S(=O)(=O)c2csc(CO)c2)C1. The molecule has 0 amide bonds. The van der Waals surface area contributed by atoms with Gasteiger partial charge in [-0.05, 0) is 24.8 Å². The topological polar surface area (TPSA) is 66.8 Å². The lowest BCUT2D eigenvalue weighted by molar-refractivity contribution is 0.118. The maximum Gasteiger partial charge on any atom is 0.243 e. The molecule has 0 bridgehead atoms. The molecule has 5 nitrogen and oxygen atoms in total. The summed E-state index contributed by atoms with van der Waals surface area (Å²) in [6, 6.07) is 1.56. The molecular weight excluding hydrogens is 286 g/mol. The van der Waals surface area contributed by atoms with Crippen molar-refractivity contribution < 1.29 is 18.3 Å². The second-order valence-corrected chi connectivity index (χ2v) is 7.67. The number of rotatable bonds is 5. The van der Waals surface area contributed by atoms with Gasteiger partial charge in [-0.3, -0.25) is 0 Å². The van der Waals surface area contributed by atoms with Gasteiger partial charge in [0, 0.05) is 30.5 Å². The Hall–Kier alpha value is -0.470. The van der Waals surface area contributed by atoms with Gasteiger partial charge >= 0.3 is 0 Å². The van der Waals surface area contributed by atoms with E-state index in [4.69, 9.17) is 9.84 Å². The second-order valence-electron chi connectivity index (χ2n) is 4.73. The molecule has 1 aromatic rings. The number of sulfonamides is 1. The van der Waals surface area contributed by atoms with Crippen molar-refractivity contribution in [1.82, 2.24) is 4.31 Å². The van der Waals surface area contributed by atoms with E-state index in [0.29, 0.717) is 29.5 Å². The van der Waals surface area contributed by atoms with Crippen LogP contribution < -0.4 is 0 Å². The maximum atomic E-state index is 12.5. The van der Waals surface area contributed by atoms with Crippen molar-refractivity contribution in [1.29, 1.82) is 0 Å². The Bertz CT molecular complexity index is 510. The molecule has 1 aromatic heterocycles. The van der Waals surface area contributed by atoms with E-state index in [9.17, 15) is 8.42 Å². The molecule has 1 fully saturated rings. The second kappa shape index (κ2) is 6.32. The first-order valence-corrected chi connectivity index (χ1v) is 8.57. The van der Waals surface area contributed by atoms with Crippen molar-refractivity contribution in [2.45, 2.75) is 24.3 Å². The summed E-state index contributed by atoms with van der Waals surface area (Å²) in [6.45, 7) is 1.55. The number of aliphatic hydroxyl groups excluding tert-OH is 1. The van der Waals surface area contributed by atoms with Gasteiger partial charge in [0.2, 0.25) is 10.0 Å². The van der Waals surface area contributed by atoms with Crippen LogP contribution in [-0.2, 0) is 21.4 Å². The minimum Gasteiger partial charge on any atom is -0.391 e. The average Bonchev–Trinajstić information content (AvgIpc) is 2.89. The highest BCUT2D eigenvalue weighted by atomic mass is 32.2. The normalized spacial score (nSPS) is 21.7. The van der Waals surface area contributed by atoms with E-state index in [1.54, 1.807) is 18.6 Å². The molecule has 7 heteroatoms. The van der Waals surface area contributed by atoms with Crippen LogP contribution in [0.1, 0.15) is 17.7 Å². The molecule has 1 aliphatic rings. The molecule has 0 radical (unpaired) electrons. The molecule has 1 N–H and O–H groups in total. The largest absolute Gasteiger partial charge is 0.391 e. The van der Waals surface area contributed by atoms with Crippen molar-refractivity contribution >= 4 is 21.4 Å². The van der Waals surface area contributed by atoms with Crippen LogP contribution in [-0.4, -0.2) is 44.6 Å². The Morgan fingerprint density at radius 1 is 1.58 bits per heavy atom. The molecule has 0 saturated carbocycles. The highest BCUT2D eigenvalue weighted by Gasteiger charge is 2.30. The van der Waals surface area contributed by atoms with Gasteiger partial charge in [-0.25, -0.2) is 8.42 Å². The summed E-state index contributed by atoms with van der Waals surface area (Å²) in [4.78, 5) is 0.962. The summed E-state index contributed by atoms with van der Waals surface area (Å²) < 4.78 is 31.6.